The monoisotopic (exact) mass is 309 g/mol. The highest BCUT2D eigenvalue weighted by atomic mass is 16.5. The smallest absolute Gasteiger partial charge is 0.127 e. The van der Waals surface area contributed by atoms with Gasteiger partial charge in [0.1, 0.15) is 18.5 Å². The van der Waals surface area contributed by atoms with Gasteiger partial charge in [-0.15, -0.1) is 0 Å². The minimum atomic E-state index is -0.00477. The zero-order valence-corrected chi connectivity index (χ0v) is 12.9. The highest BCUT2D eigenvalue weighted by molar-refractivity contribution is 5.62. The van der Waals surface area contributed by atoms with Gasteiger partial charge >= 0.3 is 0 Å². The van der Waals surface area contributed by atoms with Gasteiger partial charge in [0.2, 0.25) is 0 Å². The number of benzene rings is 1. The van der Waals surface area contributed by atoms with E-state index in [1.807, 2.05) is 18.2 Å². The topological polar surface area (TPSA) is 47.5 Å². The van der Waals surface area contributed by atoms with Crippen LogP contribution in [0, 0.1) is 0 Å². The largest absolute Gasteiger partial charge is 0.489 e. The average Bonchev–Trinajstić information content (AvgIpc) is 2.63. The predicted molar refractivity (Wildman–Crippen MR) is 87.1 cm³/mol. The Bertz CT molecular complexity index is 702. The van der Waals surface area contributed by atoms with E-state index in [0.717, 1.165) is 36.6 Å². The van der Waals surface area contributed by atoms with Gasteiger partial charge in [-0.1, -0.05) is 18.2 Å². The van der Waals surface area contributed by atoms with E-state index in [1.54, 1.807) is 18.6 Å². The molecule has 2 aliphatic rings. The van der Waals surface area contributed by atoms with Crippen molar-refractivity contribution in [1.82, 2.24) is 14.9 Å². The molecule has 0 radical (unpaired) electrons. The first kappa shape index (κ1) is 14.4. The van der Waals surface area contributed by atoms with Gasteiger partial charge < -0.3 is 9.47 Å². The summed E-state index contributed by atoms with van der Waals surface area (Å²) in [5.74, 6) is 0.968. The van der Waals surface area contributed by atoms with Crippen molar-refractivity contribution in [3.05, 3.63) is 59.7 Å². The van der Waals surface area contributed by atoms with Crippen LogP contribution in [0.4, 0.5) is 0 Å². The molecule has 1 atom stereocenters. The van der Waals surface area contributed by atoms with Crippen LogP contribution in [0.15, 0.2) is 48.4 Å². The lowest BCUT2D eigenvalue weighted by Crippen LogP contribution is -2.40. The fraction of sp³-hybridized carbons (Fsp3) is 0.333. The van der Waals surface area contributed by atoms with Crippen molar-refractivity contribution in [3.63, 3.8) is 0 Å². The Balaban J connectivity index is 1.44. The summed E-state index contributed by atoms with van der Waals surface area (Å²) in [6.07, 6.45) is 7.42. The summed E-state index contributed by atoms with van der Waals surface area (Å²) >= 11 is 0. The van der Waals surface area contributed by atoms with Crippen LogP contribution < -0.4 is 4.74 Å². The van der Waals surface area contributed by atoms with Crippen molar-refractivity contribution in [3.8, 4) is 5.75 Å². The first-order valence-electron chi connectivity index (χ1n) is 7.89. The number of hydrogen-bond donors (Lipinski definition) is 0. The average molecular weight is 309 g/mol. The highest BCUT2D eigenvalue weighted by Crippen LogP contribution is 2.27. The van der Waals surface area contributed by atoms with Crippen molar-refractivity contribution < 1.29 is 9.47 Å². The molecule has 4 rings (SSSR count). The molecule has 1 saturated heterocycles. The summed E-state index contributed by atoms with van der Waals surface area (Å²) < 4.78 is 11.7. The summed E-state index contributed by atoms with van der Waals surface area (Å²) in [6, 6.07) is 8.16. The quantitative estimate of drug-likeness (QED) is 0.871. The van der Waals surface area contributed by atoms with Gasteiger partial charge in [0.05, 0.1) is 18.5 Å². The minimum Gasteiger partial charge on any atom is -0.489 e. The summed E-state index contributed by atoms with van der Waals surface area (Å²) in [6.45, 7) is 4.03. The Morgan fingerprint density at radius 2 is 2.17 bits per heavy atom. The van der Waals surface area contributed by atoms with Crippen LogP contribution in [0.2, 0.25) is 0 Å². The zero-order valence-electron chi connectivity index (χ0n) is 12.9. The number of hydrogen-bond acceptors (Lipinski definition) is 5. The van der Waals surface area contributed by atoms with Crippen LogP contribution in [-0.2, 0) is 4.74 Å². The molecule has 5 heteroatoms. The second kappa shape index (κ2) is 6.48. The van der Waals surface area contributed by atoms with E-state index in [1.165, 1.54) is 5.57 Å². The molecule has 1 aromatic carbocycles. The van der Waals surface area contributed by atoms with Crippen molar-refractivity contribution in [2.24, 2.45) is 0 Å². The molecule has 5 nitrogen and oxygen atoms in total. The summed E-state index contributed by atoms with van der Waals surface area (Å²) in [5, 5.41) is 0. The summed E-state index contributed by atoms with van der Waals surface area (Å²) in [5.41, 5.74) is 3.35. The van der Waals surface area contributed by atoms with Gasteiger partial charge in [-0.25, -0.2) is 0 Å². The molecule has 3 heterocycles. The van der Waals surface area contributed by atoms with Crippen LogP contribution in [0.25, 0.3) is 6.08 Å². The molecular formula is C18H19N3O2. The number of fused-ring (bicyclic) bond motifs is 1. The molecule has 2 aromatic rings. The number of aromatic nitrogens is 2. The van der Waals surface area contributed by atoms with Crippen LogP contribution in [0.5, 0.6) is 5.75 Å². The lowest BCUT2D eigenvalue weighted by atomic mass is 10.1. The Hall–Kier alpha value is -2.24. The fourth-order valence-electron chi connectivity index (χ4n) is 3.04. The van der Waals surface area contributed by atoms with Crippen molar-refractivity contribution in [2.75, 3.05) is 32.8 Å². The van der Waals surface area contributed by atoms with Crippen LogP contribution in [-0.4, -0.2) is 47.7 Å². The summed E-state index contributed by atoms with van der Waals surface area (Å²) in [4.78, 5) is 10.9. The standard InChI is InChI=1S/C18H19N3O2/c1-2-4-17-15(3-1)9-14(13-23-17)11-21-7-8-22-18(12-21)16-10-19-5-6-20-16/h1-6,9-10,18H,7-8,11-13H2/t18-/m1/s1. The van der Waals surface area contributed by atoms with Gasteiger partial charge in [-0.05, 0) is 17.7 Å². The van der Waals surface area contributed by atoms with Gasteiger partial charge in [0.25, 0.3) is 0 Å². The molecule has 0 amide bonds. The third kappa shape index (κ3) is 3.25. The molecule has 0 aliphatic carbocycles. The normalized spacial score (nSPS) is 21.2. The van der Waals surface area contributed by atoms with Gasteiger partial charge in [-0.3, -0.25) is 14.9 Å². The summed E-state index contributed by atoms with van der Waals surface area (Å²) in [7, 11) is 0. The Labute approximate surface area is 135 Å². The Morgan fingerprint density at radius 3 is 3.09 bits per heavy atom. The Morgan fingerprint density at radius 1 is 1.22 bits per heavy atom. The Kier molecular flexibility index (Phi) is 4.05. The lowest BCUT2D eigenvalue weighted by Gasteiger charge is -2.33. The second-order valence-electron chi connectivity index (χ2n) is 5.85. The molecule has 1 aromatic heterocycles. The molecule has 0 bridgehead atoms. The molecule has 0 unspecified atom stereocenters. The first-order chi connectivity index (χ1) is 11.4. The third-order valence-corrected chi connectivity index (χ3v) is 4.18. The molecule has 0 saturated carbocycles. The van der Waals surface area contributed by atoms with E-state index in [4.69, 9.17) is 9.47 Å². The first-order valence-corrected chi connectivity index (χ1v) is 7.89. The maximum atomic E-state index is 5.84. The maximum Gasteiger partial charge on any atom is 0.127 e. The predicted octanol–water partition coefficient (Wildman–Crippen LogP) is 2.33. The van der Waals surface area contributed by atoms with E-state index in [0.29, 0.717) is 13.2 Å². The molecule has 0 N–H and O–H groups in total. The van der Waals surface area contributed by atoms with E-state index >= 15 is 0 Å². The molecule has 1 fully saturated rings. The number of rotatable bonds is 3. The molecule has 2 aliphatic heterocycles. The zero-order chi connectivity index (χ0) is 15.5. The van der Waals surface area contributed by atoms with Gasteiger partial charge in [0.15, 0.2) is 0 Å². The minimum absolute atomic E-state index is 0.00477. The molecular weight excluding hydrogens is 290 g/mol. The molecule has 0 spiro atoms. The van der Waals surface area contributed by atoms with Crippen molar-refractivity contribution in [2.45, 2.75) is 6.10 Å². The number of morpholine rings is 1. The second-order valence-corrected chi connectivity index (χ2v) is 5.85. The van der Waals surface area contributed by atoms with Gasteiger partial charge in [0, 0.05) is 37.6 Å². The number of nitrogens with zero attached hydrogens (tertiary/aromatic N) is 3. The van der Waals surface area contributed by atoms with Crippen LogP contribution in [0.3, 0.4) is 0 Å². The van der Waals surface area contributed by atoms with Crippen molar-refractivity contribution >= 4 is 6.08 Å². The fourth-order valence-corrected chi connectivity index (χ4v) is 3.04. The van der Waals surface area contributed by atoms with E-state index < -0.39 is 0 Å². The van der Waals surface area contributed by atoms with E-state index in [-0.39, 0.29) is 6.10 Å². The maximum absolute atomic E-state index is 5.84. The van der Waals surface area contributed by atoms with Crippen molar-refractivity contribution in [1.29, 1.82) is 0 Å². The van der Waals surface area contributed by atoms with Gasteiger partial charge in [-0.2, -0.15) is 0 Å². The van der Waals surface area contributed by atoms with Crippen LogP contribution >= 0.6 is 0 Å². The third-order valence-electron chi connectivity index (χ3n) is 4.18. The highest BCUT2D eigenvalue weighted by Gasteiger charge is 2.24. The SMILES string of the molecule is C1=C(CN2CCO[C@@H](c3cnccn3)C2)COc2ccccc21. The van der Waals surface area contributed by atoms with E-state index in [2.05, 4.69) is 27.0 Å². The molecule has 23 heavy (non-hydrogen) atoms. The van der Waals surface area contributed by atoms with Crippen LogP contribution in [0.1, 0.15) is 17.4 Å². The number of para-hydroxylation sites is 1. The van der Waals surface area contributed by atoms with E-state index in [9.17, 15) is 0 Å². The molecule has 118 valence electrons. The number of ether oxygens (including phenoxy) is 2. The lowest BCUT2D eigenvalue weighted by molar-refractivity contribution is -0.0296.